The first kappa shape index (κ1) is 34.4. The number of carbonyl (C=O) groups excluding carboxylic acids is 3. The summed E-state index contributed by atoms with van der Waals surface area (Å²) in [6, 6.07) is -0.0998. The second kappa shape index (κ2) is 16.1. The van der Waals surface area contributed by atoms with Gasteiger partial charge in [-0.2, -0.15) is 11.8 Å². The van der Waals surface area contributed by atoms with Gasteiger partial charge < -0.3 is 29.2 Å². The van der Waals surface area contributed by atoms with Crippen molar-refractivity contribution in [2.75, 3.05) is 32.2 Å². The molecule has 0 aromatic rings. The summed E-state index contributed by atoms with van der Waals surface area (Å²) in [6.45, 7) is 10.9. The molecular formula is C32H50N2O7S. The van der Waals surface area contributed by atoms with E-state index >= 15 is 0 Å². The maximum absolute atomic E-state index is 12.6. The van der Waals surface area contributed by atoms with E-state index in [1.165, 1.54) is 11.0 Å². The van der Waals surface area contributed by atoms with Crippen molar-refractivity contribution in [3.63, 3.8) is 0 Å². The Labute approximate surface area is 255 Å². The minimum Gasteiger partial charge on any atom is -0.442 e. The first-order chi connectivity index (χ1) is 19.9. The molecule has 9 nitrogen and oxygen atoms in total. The van der Waals surface area contributed by atoms with Crippen LogP contribution in [0, 0.1) is 5.92 Å². The Morgan fingerprint density at radius 2 is 1.90 bits per heavy atom. The average Bonchev–Trinajstić information content (AvgIpc) is 3.67. The van der Waals surface area contributed by atoms with Crippen LogP contribution in [0.2, 0.25) is 0 Å². The Morgan fingerprint density at radius 1 is 1.17 bits per heavy atom. The van der Waals surface area contributed by atoms with E-state index in [1.807, 2.05) is 13.2 Å². The number of ether oxygens (including phenoxy) is 4. The standard InChI is InChI=1S/C32H50N2O7S/c1-21(8-11-26-18-32(20-38-32)19-27(41-26)17-23(3)35)9-12-29-22(2)16-28(25(5)40-29)33-30(36)13-10-24(4)39-31(37)34(6)14-15-42-7/h8-11,13,22,24-29H,12,14-20H2,1-7H3,(H,33,36)/b11-8+,13-10-,21-9+/t22-,24-,25+,26+,27+,28+,29-,32+/m0/s1. The number of nitrogens with one attached hydrogen (secondary N) is 1. The van der Waals surface area contributed by atoms with Crippen LogP contribution in [0.25, 0.3) is 0 Å². The van der Waals surface area contributed by atoms with Crippen molar-refractivity contribution in [3.8, 4) is 0 Å². The van der Waals surface area contributed by atoms with Crippen molar-refractivity contribution < 1.29 is 33.3 Å². The Morgan fingerprint density at radius 3 is 2.57 bits per heavy atom. The van der Waals surface area contributed by atoms with Gasteiger partial charge in [0.15, 0.2) is 0 Å². The number of carbonyl (C=O) groups is 3. The minimum atomic E-state index is -0.512. The summed E-state index contributed by atoms with van der Waals surface area (Å²) in [5.41, 5.74) is 1.02. The normalized spacial score (nSPS) is 32.2. The topological polar surface area (TPSA) is 107 Å². The summed E-state index contributed by atoms with van der Waals surface area (Å²) in [7, 11) is 1.70. The molecule has 3 heterocycles. The van der Waals surface area contributed by atoms with Crippen molar-refractivity contribution in [3.05, 3.63) is 36.0 Å². The molecule has 1 spiro atoms. The van der Waals surface area contributed by atoms with Gasteiger partial charge in [0.05, 0.1) is 42.7 Å². The molecule has 0 bridgehead atoms. The van der Waals surface area contributed by atoms with Gasteiger partial charge in [-0.15, -0.1) is 0 Å². The SMILES string of the molecule is CSCCN(C)C(=O)O[C@@H](C)/C=C\C(=O)N[C@@H]1C[C@H](C)[C@H](C/C=C(C)/C=C/[C@@H]2C[C@]3(CO3)C[C@@H](CC(C)=O)O2)O[C@@H]1C. The molecule has 0 unspecified atom stereocenters. The number of rotatable bonds is 13. The molecule has 10 heteroatoms. The second-order valence-corrected chi connectivity index (χ2v) is 13.2. The van der Waals surface area contributed by atoms with Crippen molar-refractivity contribution in [1.82, 2.24) is 10.2 Å². The van der Waals surface area contributed by atoms with Crippen LogP contribution < -0.4 is 5.32 Å². The highest BCUT2D eigenvalue weighted by Gasteiger charge is 2.51. The van der Waals surface area contributed by atoms with E-state index in [-0.39, 0.29) is 53.7 Å². The number of Topliss-reactive ketones (excluding diaryl/α,β-unsaturated/α-hetero) is 1. The summed E-state index contributed by atoms with van der Waals surface area (Å²) in [5, 5.41) is 3.05. The molecule has 3 aliphatic heterocycles. The number of ketones is 1. The molecule has 3 rings (SSSR count). The quantitative estimate of drug-likeness (QED) is 0.180. The summed E-state index contributed by atoms with van der Waals surface area (Å²) >= 11 is 1.66. The van der Waals surface area contributed by atoms with Crippen LogP contribution >= 0.6 is 11.8 Å². The van der Waals surface area contributed by atoms with Crippen LogP contribution in [0.15, 0.2) is 36.0 Å². The first-order valence-electron chi connectivity index (χ1n) is 15.1. The van der Waals surface area contributed by atoms with Crippen LogP contribution in [0.5, 0.6) is 0 Å². The van der Waals surface area contributed by atoms with E-state index < -0.39 is 12.2 Å². The van der Waals surface area contributed by atoms with Gasteiger partial charge in [0, 0.05) is 44.7 Å². The lowest BCUT2D eigenvalue weighted by molar-refractivity contribution is -0.124. The van der Waals surface area contributed by atoms with Gasteiger partial charge in [0.25, 0.3) is 0 Å². The molecule has 0 saturated carbocycles. The van der Waals surface area contributed by atoms with E-state index in [2.05, 4.69) is 37.4 Å². The Kier molecular flexibility index (Phi) is 13.1. The second-order valence-electron chi connectivity index (χ2n) is 12.2. The van der Waals surface area contributed by atoms with Crippen LogP contribution in [0.1, 0.15) is 66.7 Å². The molecule has 236 valence electrons. The molecular weight excluding hydrogens is 556 g/mol. The van der Waals surface area contributed by atoms with E-state index in [9.17, 15) is 14.4 Å². The maximum Gasteiger partial charge on any atom is 0.410 e. The Balaban J connectivity index is 1.43. The number of epoxide rings is 1. The highest BCUT2D eigenvalue weighted by atomic mass is 32.2. The van der Waals surface area contributed by atoms with Gasteiger partial charge in [-0.25, -0.2) is 4.79 Å². The van der Waals surface area contributed by atoms with E-state index in [1.54, 1.807) is 38.7 Å². The highest BCUT2D eigenvalue weighted by Crippen LogP contribution is 2.43. The van der Waals surface area contributed by atoms with E-state index in [0.717, 1.165) is 43.6 Å². The molecule has 3 aliphatic rings. The van der Waals surface area contributed by atoms with Crippen molar-refractivity contribution in [1.29, 1.82) is 0 Å². The summed E-state index contributed by atoms with van der Waals surface area (Å²) in [4.78, 5) is 37.8. The predicted octanol–water partition coefficient (Wildman–Crippen LogP) is 4.85. The molecule has 42 heavy (non-hydrogen) atoms. The van der Waals surface area contributed by atoms with Gasteiger partial charge in [-0.3, -0.25) is 9.59 Å². The number of allylic oxidation sites excluding steroid dienone is 2. The van der Waals surface area contributed by atoms with Crippen LogP contribution in [-0.4, -0.2) is 97.1 Å². The predicted molar refractivity (Wildman–Crippen MR) is 166 cm³/mol. The van der Waals surface area contributed by atoms with Crippen molar-refractivity contribution in [2.24, 2.45) is 5.92 Å². The summed E-state index contributed by atoms with van der Waals surface area (Å²) in [6.07, 6.45) is 13.9. The molecule has 8 atom stereocenters. The zero-order valence-electron chi connectivity index (χ0n) is 26.3. The fourth-order valence-electron chi connectivity index (χ4n) is 5.50. The average molecular weight is 607 g/mol. The molecule has 3 fully saturated rings. The fraction of sp³-hybridized carbons (Fsp3) is 0.719. The number of nitrogens with zero attached hydrogens (tertiary/aromatic N) is 1. The molecule has 0 radical (unpaired) electrons. The number of amides is 2. The zero-order chi connectivity index (χ0) is 30.9. The molecule has 3 saturated heterocycles. The third kappa shape index (κ3) is 11.2. The molecule has 0 aliphatic carbocycles. The summed E-state index contributed by atoms with van der Waals surface area (Å²) in [5.74, 6) is 1.02. The largest absolute Gasteiger partial charge is 0.442 e. The van der Waals surface area contributed by atoms with Gasteiger partial charge >= 0.3 is 6.09 Å². The van der Waals surface area contributed by atoms with Crippen LogP contribution in [-0.2, 0) is 28.5 Å². The van der Waals surface area contributed by atoms with Gasteiger partial charge in [-0.1, -0.05) is 30.7 Å². The lowest BCUT2D eigenvalue weighted by Crippen LogP contribution is -2.50. The summed E-state index contributed by atoms with van der Waals surface area (Å²) < 4.78 is 23.6. The van der Waals surface area contributed by atoms with Crippen molar-refractivity contribution in [2.45, 2.75) is 109 Å². The van der Waals surface area contributed by atoms with Crippen molar-refractivity contribution >= 4 is 29.5 Å². The Hall–Kier alpha value is -2.14. The smallest absolute Gasteiger partial charge is 0.410 e. The first-order valence-corrected chi connectivity index (χ1v) is 16.5. The third-order valence-electron chi connectivity index (χ3n) is 8.15. The van der Waals surface area contributed by atoms with E-state index in [0.29, 0.717) is 13.0 Å². The monoisotopic (exact) mass is 606 g/mol. The molecule has 1 N–H and O–H groups in total. The Bertz CT molecular complexity index is 1020. The molecule has 2 amide bonds. The zero-order valence-corrected chi connectivity index (χ0v) is 27.1. The van der Waals surface area contributed by atoms with E-state index in [4.69, 9.17) is 18.9 Å². The minimum absolute atomic E-state index is 0.0569. The number of hydrogen-bond donors (Lipinski definition) is 1. The fourth-order valence-corrected chi connectivity index (χ4v) is 5.96. The van der Waals surface area contributed by atoms with Crippen LogP contribution in [0.4, 0.5) is 4.79 Å². The van der Waals surface area contributed by atoms with Gasteiger partial charge in [0.1, 0.15) is 11.9 Å². The lowest BCUT2D eigenvalue weighted by Gasteiger charge is -2.39. The maximum atomic E-state index is 12.6. The van der Waals surface area contributed by atoms with Gasteiger partial charge in [-0.05, 0) is 58.8 Å². The molecule has 0 aromatic carbocycles. The molecule has 0 aromatic heterocycles. The van der Waals surface area contributed by atoms with Gasteiger partial charge in [0.2, 0.25) is 5.91 Å². The lowest BCUT2D eigenvalue weighted by atomic mass is 9.88. The highest BCUT2D eigenvalue weighted by molar-refractivity contribution is 7.98. The third-order valence-corrected chi connectivity index (χ3v) is 8.74. The van der Waals surface area contributed by atoms with Crippen LogP contribution in [0.3, 0.4) is 0 Å². The number of hydrogen-bond acceptors (Lipinski definition) is 8. The number of thioether (sulfide) groups is 1.